The third kappa shape index (κ3) is 10.1. The van der Waals surface area contributed by atoms with Crippen LogP contribution in [0.2, 0.25) is 0 Å². The number of hydrogen-bond acceptors (Lipinski definition) is 15. The summed E-state index contributed by atoms with van der Waals surface area (Å²) >= 11 is 0. The van der Waals surface area contributed by atoms with Gasteiger partial charge in [-0.25, -0.2) is 16.8 Å². The van der Waals surface area contributed by atoms with Gasteiger partial charge in [0.2, 0.25) is 0 Å². The van der Waals surface area contributed by atoms with Gasteiger partial charge in [0.25, 0.3) is 0 Å². The van der Waals surface area contributed by atoms with Crippen molar-refractivity contribution in [3.63, 3.8) is 0 Å². The standard InChI is InChI=1S/C30H20N5O7S2.3Li.O3S/c31-25-7-3-6-24-21(25)10-13-28(36)30(24)35-34-27-12-11-26(22-4-1-2-5-23(22)27)33-32-18-8-9-20-17(14-18)15-19(43(37,38)39)16-29(20)44(40,41)42;;;;1-4(2)3/h1,3-16,36H,31H2,(H,37,38,39)(H,40,41,42);;;;/q-1;3*+1;/p-2. The predicted octanol–water partition coefficient (Wildman–Crippen LogP) is -3.12. The van der Waals surface area contributed by atoms with E-state index in [-0.39, 0.29) is 84.5 Å². The molecule has 0 saturated carbocycles. The number of fused-ring (bicyclic) bond motifs is 3. The molecule has 0 spiro atoms. The maximum Gasteiger partial charge on any atom is 1.00 e. The van der Waals surface area contributed by atoms with E-state index in [1.165, 1.54) is 24.3 Å². The molecule has 0 amide bonds. The molecule has 0 aliphatic heterocycles. The van der Waals surface area contributed by atoms with Gasteiger partial charge < -0.3 is 19.9 Å². The number of azo groups is 2. The first-order valence-corrected chi connectivity index (χ1v) is 17.0. The quantitative estimate of drug-likeness (QED) is 0.0571. The summed E-state index contributed by atoms with van der Waals surface area (Å²) in [5.41, 5.74) is 7.93. The van der Waals surface area contributed by atoms with Gasteiger partial charge in [-0.3, -0.25) is 0 Å². The van der Waals surface area contributed by atoms with Gasteiger partial charge in [-0.15, -0.1) is 17.7 Å². The predicted molar refractivity (Wildman–Crippen MR) is 171 cm³/mol. The fourth-order valence-corrected chi connectivity index (χ4v) is 6.10. The van der Waals surface area contributed by atoms with Crippen molar-refractivity contribution in [3.05, 3.63) is 97.1 Å². The summed E-state index contributed by atoms with van der Waals surface area (Å²) in [5.74, 6) is -0.0662. The molecule has 15 nitrogen and oxygen atoms in total. The topological polar surface area (TPSA) is 261 Å². The van der Waals surface area contributed by atoms with Gasteiger partial charge >= 0.3 is 67.2 Å². The summed E-state index contributed by atoms with van der Waals surface area (Å²) in [5, 5.41) is 30.2. The number of hydrogen-bond donors (Lipinski definition) is 2. The van der Waals surface area contributed by atoms with Crippen LogP contribution in [0.5, 0.6) is 5.75 Å². The van der Waals surface area contributed by atoms with Crippen LogP contribution in [0, 0.1) is 6.07 Å². The molecule has 0 heterocycles. The van der Waals surface area contributed by atoms with Crippen LogP contribution in [-0.2, 0) is 30.8 Å². The van der Waals surface area contributed by atoms with E-state index < -0.39 is 40.6 Å². The normalized spacial score (nSPS) is 11.4. The van der Waals surface area contributed by atoms with E-state index >= 15 is 0 Å². The van der Waals surface area contributed by atoms with Crippen LogP contribution in [-0.4, -0.2) is 43.7 Å². The summed E-state index contributed by atoms with van der Waals surface area (Å²) in [6.07, 6.45) is 0. The maximum atomic E-state index is 11.8. The molecule has 0 atom stereocenters. The van der Waals surface area contributed by atoms with Crippen LogP contribution < -0.4 is 62.3 Å². The van der Waals surface area contributed by atoms with Crippen LogP contribution in [0.3, 0.4) is 0 Å². The molecular formula is C30H18Li3N5O10S3. The second-order valence-electron chi connectivity index (χ2n) is 9.79. The summed E-state index contributed by atoms with van der Waals surface area (Å²) in [6.45, 7) is 0. The van der Waals surface area contributed by atoms with Gasteiger partial charge in [-0.2, -0.15) is 39.6 Å². The fourth-order valence-electron chi connectivity index (χ4n) is 4.76. The zero-order valence-corrected chi connectivity index (χ0v) is 29.3. The maximum absolute atomic E-state index is 11.8. The van der Waals surface area contributed by atoms with E-state index in [0.717, 1.165) is 11.5 Å². The van der Waals surface area contributed by atoms with Crippen molar-refractivity contribution in [3.8, 4) is 5.75 Å². The van der Waals surface area contributed by atoms with Gasteiger partial charge in [0.15, 0.2) is 0 Å². The van der Waals surface area contributed by atoms with Crippen LogP contribution in [0.1, 0.15) is 0 Å². The molecule has 3 N–H and O–H groups in total. The van der Waals surface area contributed by atoms with Crippen molar-refractivity contribution in [2.24, 2.45) is 20.5 Å². The first-order valence-electron chi connectivity index (χ1n) is 13.2. The van der Waals surface area contributed by atoms with Gasteiger partial charge in [0.05, 0.1) is 21.2 Å². The molecule has 6 rings (SSSR count). The minimum atomic E-state index is -5.09. The Kier molecular flexibility index (Phi) is 14.9. The number of nitrogens with zero attached hydrogens (tertiary/aromatic N) is 4. The van der Waals surface area contributed by atoms with E-state index in [1.54, 1.807) is 54.6 Å². The van der Waals surface area contributed by atoms with Crippen molar-refractivity contribution in [2.45, 2.75) is 9.79 Å². The van der Waals surface area contributed by atoms with Crippen LogP contribution in [0.4, 0.5) is 28.4 Å². The molecule has 0 aliphatic carbocycles. The molecule has 0 aromatic heterocycles. The van der Waals surface area contributed by atoms with E-state index in [1.807, 2.05) is 0 Å². The van der Waals surface area contributed by atoms with Crippen molar-refractivity contribution in [2.75, 3.05) is 5.73 Å². The first-order chi connectivity index (χ1) is 22.6. The molecule has 0 radical (unpaired) electrons. The number of phenolic OH excluding ortho intramolecular Hbond substituents is 1. The first kappa shape index (κ1) is 43.3. The van der Waals surface area contributed by atoms with E-state index in [9.17, 15) is 31.0 Å². The summed E-state index contributed by atoms with van der Waals surface area (Å²) < 4.78 is 95.4. The van der Waals surface area contributed by atoms with Crippen molar-refractivity contribution < 1.29 is 100 Å². The number of nitrogen functional groups attached to an aromatic ring is 1. The van der Waals surface area contributed by atoms with Gasteiger partial charge in [0.1, 0.15) is 31.7 Å². The number of rotatable bonds is 6. The van der Waals surface area contributed by atoms with E-state index in [2.05, 4.69) is 26.5 Å². The minimum Gasteiger partial charge on any atom is -0.744 e. The smallest absolute Gasteiger partial charge is 0.744 e. The van der Waals surface area contributed by atoms with E-state index in [0.29, 0.717) is 39.3 Å². The average Bonchev–Trinajstić information content (AvgIpc) is 3.02. The monoisotopic (exact) mass is 725 g/mol. The Balaban J connectivity index is 0.00000122. The SMILES string of the molecule is Nc1cccc2c(N=Nc3ccc(N=Nc4ccc5c(S(=O)(=O)[O-])cc(S(=O)(=O)[O-])cc5c4)c4cc[c-]cc34)c(O)ccc12.O=S(=O)=O.[Li+].[Li+].[Li+]. The summed E-state index contributed by atoms with van der Waals surface area (Å²) in [4.78, 5) is -1.69. The summed E-state index contributed by atoms with van der Waals surface area (Å²) in [6, 6.07) is 25.4. The molecule has 244 valence electrons. The fraction of sp³-hybridized carbons (Fsp3) is 0. The zero-order valence-electron chi connectivity index (χ0n) is 26.9. The Morgan fingerprint density at radius 2 is 1.29 bits per heavy atom. The largest absolute Gasteiger partial charge is 1.00 e. The van der Waals surface area contributed by atoms with Crippen molar-refractivity contribution >= 4 is 91.6 Å². The molecule has 0 fully saturated rings. The van der Waals surface area contributed by atoms with Crippen molar-refractivity contribution in [1.82, 2.24) is 0 Å². The minimum absolute atomic E-state index is 0. The second-order valence-corrected chi connectivity index (χ2v) is 12.9. The number of benzene rings is 6. The molecule has 0 bridgehead atoms. The molecular weight excluding hydrogens is 707 g/mol. The zero-order chi connectivity index (χ0) is 34.8. The number of phenols is 1. The van der Waals surface area contributed by atoms with Gasteiger partial charge in [-0.1, -0.05) is 29.0 Å². The number of aromatic hydroxyl groups is 1. The molecule has 51 heavy (non-hydrogen) atoms. The Morgan fingerprint density at radius 1 is 0.667 bits per heavy atom. The van der Waals surface area contributed by atoms with Crippen molar-refractivity contribution in [1.29, 1.82) is 0 Å². The molecule has 6 aromatic rings. The van der Waals surface area contributed by atoms with Gasteiger partial charge in [0, 0.05) is 22.1 Å². The van der Waals surface area contributed by atoms with E-state index in [4.69, 9.17) is 18.4 Å². The molecule has 0 saturated heterocycles. The van der Waals surface area contributed by atoms with Gasteiger partial charge in [-0.05, 0) is 65.4 Å². The average molecular weight is 726 g/mol. The molecule has 6 aromatic carbocycles. The number of anilines is 1. The Labute approximate surface area is 328 Å². The Morgan fingerprint density at radius 3 is 1.94 bits per heavy atom. The molecule has 21 heteroatoms. The Hall–Kier alpha value is -3.87. The molecule has 0 unspecified atom stereocenters. The number of nitrogens with two attached hydrogens (primary N) is 1. The van der Waals surface area contributed by atoms with Crippen LogP contribution >= 0.6 is 0 Å². The Bertz CT molecular complexity index is 2680. The molecule has 0 aliphatic rings. The van der Waals surface area contributed by atoms with Crippen LogP contribution in [0.15, 0.2) is 121 Å². The van der Waals surface area contributed by atoms with Crippen LogP contribution in [0.25, 0.3) is 32.3 Å². The second kappa shape index (κ2) is 17.6. The summed E-state index contributed by atoms with van der Waals surface area (Å²) in [7, 11) is -13.3. The third-order valence-electron chi connectivity index (χ3n) is 6.82. The third-order valence-corrected chi connectivity index (χ3v) is 8.51.